The number of nitrogens with one attached hydrogen (secondary N) is 1. The Labute approximate surface area is 160 Å². The van der Waals surface area contributed by atoms with Gasteiger partial charge in [0.2, 0.25) is 4.77 Å². The van der Waals surface area contributed by atoms with Crippen molar-refractivity contribution >= 4 is 18.4 Å². The topological polar surface area (TPSA) is 55.2 Å². The third-order valence-electron chi connectivity index (χ3n) is 3.52. The molecule has 0 aliphatic carbocycles. The highest BCUT2D eigenvalue weighted by atomic mass is 32.1. The zero-order chi connectivity index (χ0) is 20.3. The van der Waals surface area contributed by atoms with E-state index in [1.54, 1.807) is 0 Å². The summed E-state index contributed by atoms with van der Waals surface area (Å²) in [7, 11) is 0. The van der Waals surface area contributed by atoms with Crippen molar-refractivity contribution in [1.82, 2.24) is 14.9 Å². The van der Waals surface area contributed by atoms with Crippen LogP contribution in [0.2, 0.25) is 0 Å². The molecule has 11 heteroatoms. The molecule has 1 aromatic heterocycles. The second-order valence-electron chi connectivity index (χ2n) is 5.43. The van der Waals surface area contributed by atoms with Crippen molar-refractivity contribution in [2.45, 2.75) is 12.8 Å². The van der Waals surface area contributed by atoms with E-state index in [9.17, 15) is 22.0 Å². The lowest BCUT2D eigenvalue weighted by molar-refractivity contribution is -0.137. The number of benzene rings is 2. The molecule has 28 heavy (non-hydrogen) atoms. The summed E-state index contributed by atoms with van der Waals surface area (Å²) in [6.45, 7) is -2.95. The van der Waals surface area contributed by atoms with E-state index in [0.717, 1.165) is 12.1 Å². The van der Waals surface area contributed by atoms with E-state index in [-0.39, 0.29) is 21.9 Å². The van der Waals surface area contributed by atoms with Crippen LogP contribution in [0.1, 0.15) is 11.1 Å². The second-order valence-corrected chi connectivity index (χ2v) is 5.82. The van der Waals surface area contributed by atoms with E-state index in [0.29, 0.717) is 5.56 Å². The highest BCUT2D eigenvalue weighted by Gasteiger charge is 2.30. The molecule has 1 N–H and O–H groups in total. The number of rotatable bonds is 5. The van der Waals surface area contributed by atoms with E-state index in [4.69, 9.17) is 12.2 Å². The molecule has 0 aliphatic heterocycles. The van der Waals surface area contributed by atoms with Crippen LogP contribution in [0.4, 0.5) is 22.0 Å². The maximum absolute atomic E-state index is 12.8. The molecular weight excluding hydrogens is 403 g/mol. The molecule has 3 aromatic rings. The van der Waals surface area contributed by atoms with Crippen molar-refractivity contribution in [2.24, 2.45) is 5.10 Å². The molecule has 0 fully saturated rings. The van der Waals surface area contributed by atoms with Crippen molar-refractivity contribution in [1.29, 1.82) is 0 Å². The Morgan fingerprint density at radius 3 is 2.50 bits per heavy atom. The Hall–Kier alpha value is -3.08. The Bertz CT molecular complexity index is 1040. The minimum atomic E-state index is -4.47. The molecule has 0 saturated heterocycles. The first-order chi connectivity index (χ1) is 13.2. The average Bonchev–Trinajstić information content (AvgIpc) is 3.00. The normalized spacial score (nSPS) is 12.1. The van der Waals surface area contributed by atoms with Gasteiger partial charge in [-0.2, -0.15) is 36.8 Å². The van der Waals surface area contributed by atoms with Crippen LogP contribution in [0.3, 0.4) is 0 Å². The van der Waals surface area contributed by atoms with Gasteiger partial charge in [0.05, 0.1) is 11.8 Å². The van der Waals surface area contributed by atoms with Crippen molar-refractivity contribution < 1.29 is 26.7 Å². The first kappa shape index (κ1) is 19.7. The van der Waals surface area contributed by atoms with Gasteiger partial charge in [-0.25, -0.2) is 5.10 Å². The largest absolute Gasteiger partial charge is 0.435 e. The molecular formula is C17H11F5N4OS. The highest BCUT2D eigenvalue weighted by Crippen LogP contribution is 2.29. The Morgan fingerprint density at radius 2 is 1.86 bits per heavy atom. The minimum Gasteiger partial charge on any atom is -0.435 e. The predicted molar refractivity (Wildman–Crippen MR) is 93.9 cm³/mol. The molecule has 0 amide bonds. The quantitative estimate of drug-likeness (QED) is 0.359. The smallest absolute Gasteiger partial charge is 0.416 e. The maximum atomic E-state index is 12.8. The number of alkyl halides is 5. The summed E-state index contributed by atoms with van der Waals surface area (Å²) in [6.07, 6.45) is -3.26. The first-order valence-corrected chi connectivity index (χ1v) is 8.09. The molecule has 3 rings (SSSR count). The van der Waals surface area contributed by atoms with Crippen LogP contribution in [-0.4, -0.2) is 27.7 Å². The van der Waals surface area contributed by atoms with Crippen LogP contribution in [0.5, 0.6) is 5.75 Å². The van der Waals surface area contributed by atoms with Crippen molar-refractivity contribution in [3.8, 4) is 17.1 Å². The summed E-state index contributed by atoms with van der Waals surface area (Å²) < 4.78 is 68.5. The summed E-state index contributed by atoms with van der Waals surface area (Å²) in [6, 6.07) is 10.2. The van der Waals surface area contributed by atoms with E-state index >= 15 is 0 Å². The SMILES string of the molecule is FC(F)Oc1ccc(-c2n[nH]c(=S)n2N=Cc2cccc(C(F)(F)F)c2)cc1. The van der Waals surface area contributed by atoms with E-state index in [2.05, 4.69) is 20.0 Å². The maximum Gasteiger partial charge on any atom is 0.416 e. The number of ether oxygens (including phenoxy) is 1. The lowest BCUT2D eigenvalue weighted by atomic mass is 10.1. The fourth-order valence-electron chi connectivity index (χ4n) is 2.29. The molecule has 0 saturated carbocycles. The third-order valence-corrected chi connectivity index (χ3v) is 3.79. The first-order valence-electron chi connectivity index (χ1n) is 7.68. The number of hydrogen-bond donors (Lipinski definition) is 1. The minimum absolute atomic E-state index is 0.0353. The monoisotopic (exact) mass is 414 g/mol. The zero-order valence-electron chi connectivity index (χ0n) is 13.8. The Kier molecular flexibility index (Phi) is 5.54. The van der Waals surface area contributed by atoms with E-state index in [1.165, 1.54) is 47.3 Å². The van der Waals surface area contributed by atoms with Gasteiger partial charge in [-0.15, -0.1) is 0 Å². The van der Waals surface area contributed by atoms with Gasteiger partial charge in [0.1, 0.15) is 5.75 Å². The van der Waals surface area contributed by atoms with Gasteiger partial charge >= 0.3 is 12.8 Å². The van der Waals surface area contributed by atoms with Crippen LogP contribution in [0.25, 0.3) is 11.4 Å². The fourth-order valence-corrected chi connectivity index (χ4v) is 2.47. The van der Waals surface area contributed by atoms with Crippen LogP contribution < -0.4 is 4.74 Å². The number of halogens is 5. The molecule has 0 spiro atoms. The predicted octanol–water partition coefficient (Wildman–Crippen LogP) is 5.11. The Balaban J connectivity index is 1.90. The van der Waals surface area contributed by atoms with Gasteiger partial charge in [0.25, 0.3) is 0 Å². The van der Waals surface area contributed by atoms with E-state index < -0.39 is 18.4 Å². The van der Waals surface area contributed by atoms with Crippen LogP contribution in [0.15, 0.2) is 53.6 Å². The van der Waals surface area contributed by atoms with Gasteiger partial charge in [-0.3, -0.25) is 0 Å². The third kappa shape index (κ3) is 4.60. The molecule has 0 bridgehead atoms. The van der Waals surface area contributed by atoms with Gasteiger partial charge < -0.3 is 4.74 Å². The zero-order valence-corrected chi connectivity index (χ0v) is 14.6. The number of H-pyrrole nitrogens is 1. The fraction of sp³-hybridized carbons (Fsp3) is 0.118. The molecule has 0 aliphatic rings. The van der Waals surface area contributed by atoms with Gasteiger partial charge in [-0.05, 0) is 54.2 Å². The lowest BCUT2D eigenvalue weighted by Gasteiger charge is -2.07. The second kappa shape index (κ2) is 7.89. The molecule has 0 unspecified atom stereocenters. The van der Waals surface area contributed by atoms with Gasteiger partial charge in [0, 0.05) is 5.56 Å². The molecule has 0 atom stereocenters. The summed E-state index contributed by atoms with van der Waals surface area (Å²) in [5, 5.41) is 10.6. The molecule has 5 nitrogen and oxygen atoms in total. The van der Waals surface area contributed by atoms with Crippen molar-refractivity contribution in [3.63, 3.8) is 0 Å². The molecule has 146 valence electrons. The average molecular weight is 414 g/mol. The van der Waals surface area contributed by atoms with E-state index in [1.807, 2.05) is 0 Å². The van der Waals surface area contributed by atoms with Crippen LogP contribution in [0, 0.1) is 4.77 Å². The number of aromatic nitrogens is 3. The molecule has 1 heterocycles. The highest BCUT2D eigenvalue weighted by molar-refractivity contribution is 7.71. The van der Waals surface area contributed by atoms with Crippen molar-refractivity contribution in [2.75, 3.05) is 0 Å². The number of hydrogen-bond acceptors (Lipinski definition) is 4. The molecule has 2 aromatic carbocycles. The summed E-state index contributed by atoms with van der Waals surface area (Å²) >= 11 is 5.08. The van der Waals surface area contributed by atoms with Gasteiger partial charge in [-0.1, -0.05) is 12.1 Å². The summed E-state index contributed by atoms with van der Waals surface area (Å²) in [5.74, 6) is 0.212. The number of aromatic amines is 1. The number of nitrogens with zero attached hydrogens (tertiary/aromatic N) is 3. The standard InChI is InChI=1S/C17H11F5N4OS/c18-15(19)27-13-6-4-11(5-7-13)14-24-25-16(28)26(14)23-9-10-2-1-3-12(8-10)17(20,21)22/h1-9,15H,(H,25,28). The van der Waals surface area contributed by atoms with Gasteiger partial charge in [0.15, 0.2) is 5.82 Å². The van der Waals surface area contributed by atoms with Crippen LogP contribution >= 0.6 is 12.2 Å². The van der Waals surface area contributed by atoms with Crippen LogP contribution in [-0.2, 0) is 6.18 Å². The summed E-state index contributed by atoms with van der Waals surface area (Å²) in [4.78, 5) is 0. The summed E-state index contributed by atoms with van der Waals surface area (Å²) in [5.41, 5.74) is -0.109. The molecule has 0 radical (unpaired) electrons. The lowest BCUT2D eigenvalue weighted by Crippen LogP contribution is -2.05. The Morgan fingerprint density at radius 1 is 1.14 bits per heavy atom. The van der Waals surface area contributed by atoms with Crippen molar-refractivity contribution in [3.05, 3.63) is 64.4 Å².